The molecule has 0 spiro atoms. The van der Waals surface area contributed by atoms with Gasteiger partial charge in [0.25, 0.3) is 5.91 Å². The fourth-order valence-electron chi connectivity index (χ4n) is 1.34. The molecule has 1 aromatic carbocycles. The molecule has 0 saturated heterocycles. The maximum Gasteiger partial charge on any atom is 0.252 e. The summed E-state index contributed by atoms with van der Waals surface area (Å²) >= 11 is 3.33. The molecular weight excluding hydrogens is 272 g/mol. The van der Waals surface area contributed by atoms with Crippen molar-refractivity contribution in [1.29, 1.82) is 0 Å². The number of hydrogen-bond acceptors (Lipinski definition) is 3. The van der Waals surface area contributed by atoms with Gasteiger partial charge in [-0.15, -0.1) is 0 Å². The summed E-state index contributed by atoms with van der Waals surface area (Å²) in [6, 6.07) is 5.15. The summed E-state index contributed by atoms with van der Waals surface area (Å²) in [7, 11) is 1.84. The maximum atomic E-state index is 11.2. The van der Waals surface area contributed by atoms with E-state index in [2.05, 4.69) is 21.2 Å². The molecule has 5 heteroatoms. The van der Waals surface area contributed by atoms with E-state index in [0.717, 1.165) is 4.47 Å². The quantitative estimate of drug-likeness (QED) is 0.863. The predicted molar refractivity (Wildman–Crippen MR) is 66.7 cm³/mol. The lowest BCUT2D eigenvalue weighted by Gasteiger charge is -2.16. The molecule has 0 aromatic heterocycles. The number of carbonyl (C=O) groups is 1. The van der Waals surface area contributed by atoms with Crippen molar-refractivity contribution in [3.8, 4) is 5.75 Å². The Morgan fingerprint density at radius 2 is 2.31 bits per heavy atom. The minimum atomic E-state index is -0.487. The van der Waals surface area contributed by atoms with Gasteiger partial charge in [-0.2, -0.15) is 0 Å². The van der Waals surface area contributed by atoms with Gasteiger partial charge in [0, 0.05) is 11.0 Å². The second-order valence-electron chi connectivity index (χ2n) is 3.49. The van der Waals surface area contributed by atoms with Crippen LogP contribution < -0.4 is 15.8 Å². The van der Waals surface area contributed by atoms with Crippen LogP contribution in [0.2, 0.25) is 0 Å². The summed E-state index contributed by atoms with van der Waals surface area (Å²) in [6.07, 6.45) is -0.0302. The van der Waals surface area contributed by atoms with Gasteiger partial charge in [-0.3, -0.25) is 4.79 Å². The molecule has 0 aliphatic rings. The first kappa shape index (κ1) is 13.0. The average Bonchev–Trinajstić information content (AvgIpc) is 2.17. The van der Waals surface area contributed by atoms with Crippen LogP contribution in [0.1, 0.15) is 17.3 Å². The van der Waals surface area contributed by atoms with Gasteiger partial charge in [0.05, 0.1) is 5.56 Å². The van der Waals surface area contributed by atoms with Crippen molar-refractivity contribution in [2.75, 3.05) is 13.6 Å². The molecule has 1 unspecified atom stereocenters. The van der Waals surface area contributed by atoms with Gasteiger partial charge in [-0.05, 0) is 32.2 Å². The molecule has 0 bridgehead atoms. The number of nitrogens with two attached hydrogens (primary N) is 1. The van der Waals surface area contributed by atoms with Crippen molar-refractivity contribution in [2.45, 2.75) is 13.0 Å². The zero-order chi connectivity index (χ0) is 12.1. The minimum absolute atomic E-state index is 0.0302. The normalized spacial score (nSPS) is 12.2. The Balaban J connectivity index is 2.92. The Bertz CT molecular complexity index is 382. The van der Waals surface area contributed by atoms with E-state index in [9.17, 15) is 4.79 Å². The molecule has 0 aliphatic heterocycles. The van der Waals surface area contributed by atoms with Crippen LogP contribution in [-0.2, 0) is 0 Å². The van der Waals surface area contributed by atoms with Crippen LogP contribution in [0.25, 0.3) is 0 Å². The third-order valence-corrected chi connectivity index (χ3v) is 2.52. The van der Waals surface area contributed by atoms with Gasteiger partial charge >= 0.3 is 0 Å². The van der Waals surface area contributed by atoms with Crippen molar-refractivity contribution in [2.24, 2.45) is 5.73 Å². The molecule has 88 valence electrons. The summed E-state index contributed by atoms with van der Waals surface area (Å²) in [5.74, 6) is 0.0174. The SMILES string of the molecule is CNCC(C)Oc1cc(Br)ccc1C(N)=O. The highest BCUT2D eigenvalue weighted by Crippen LogP contribution is 2.24. The number of benzene rings is 1. The molecule has 0 aliphatic carbocycles. The van der Waals surface area contributed by atoms with E-state index in [0.29, 0.717) is 17.9 Å². The van der Waals surface area contributed by atoms with Gasteiger partial charge in [0.2, 0.25) is 0 Å². The lowest BCUT2D eigenvalue weighted by atomic mass is 10.2. The molecule has 1 amide bonds. The third-order valence-electron chi connectivity index (χ3n) is 2.03. The summed E-state index contributed by atoms with van der Waals surface area (Å²) in [4.78, 5) is 11.2. The molecule has 1 aromatic rings. The van der Waals surface area contributed by atoms with Crippen molar-refractivity contribution < 1.29 is 9.53 Å². The Hall–Kier alpha value is -1.07. The fourth-order valence-corrected chi connectivity index (χ4v) is 1.68. The number of hydrogen-bond donors (Lipinski definition) is 2. The van der Waals surface area contributed by atoms with E-state index >= 15 is 0 Å². The molecule has 16 heavy (non-hydrogen) atoms. The van der Waals surface area contributed by atoms with Crippen molar-refractivity contribution >= 4 is 21.8 Å². The zero-order valence-corrected chi connectivity index (χ0v) is 10.9. The van der Waals surface area contributed by atoms with Crippen LogP contribution in [0.15, 0.2) is 22.7 Å². The molecule has 1 rings (SSSR count). The van der Waals surface area contributed by atoms with E-state index in [4.69, 9.17) is 10.5 Å². The molecule has 0 fully saturated rings. The van der Waals surface area contributed by atoms with Crippen LogP contribution in [0.5, 0.6) is 5.75 Å². The number of ether oxygens (including phenoxy) is 1. The first-order valence-corrected chi connectivity index (χ1v) is 5.74. The Morgan fingerprint density at radius 3 is 2.88 bits per heavy atom. The van der Waals surface area contributed by atoms with Crippen LogP contribution >= 0.6 is 15.9 Å². The summed E-state index contributed by atoms with van der Waals surface area (Å²) in [6.45, 7) is 2.62. The van der Waals surface area contributed by atoms with Crippen molar-refractivity contribution in [1.82, 2.24) is 5.32 Å². The van der Waals surface area contributed by atoms with Crippen LogP contribution in [0, 0.1) is 0 Å². The molecule has 4 nitrogen and oxygen atoms in total. The Labute approximate surface area is 103 Å². The molecule has 1 atom stereocenters. The first-order chi connectivity index (χ1) is 7.54. The summed E-state index contributed by atoms with van der Waals surface area (Å²) < 4.78 is 6.49. The third kappa shape index (κ3) is 3.50. The lowest BCUT2D eigenvalue weighted by Crippen LogP contribution is -2.27. The van der Waals surface area contributed by atoms with E-state index < -0.39 is 5.91 Å². The number of primary amides is 1. The van der Waals surface area contributed by atoms with E-state index in [1.807, 2.05) is 14.0 Å². The van der Waals surface area contributed by atoms with E-state index in [1.54, 1.807) is 18.2 Å². The van der Waals surface area contributed by atoms with Crippen molar-refractivity contribution in [3.63, 3.8) is 0 Å². The van der Waals surface area contributed by atoms with Gasteiger partial charge in [-0.25, -0.2) is 0 Å². The maximum absolute atomic E-state index is 11.2. The van der Waals surface area contributed by atoms with Gasteiger partial charge in [0.1, 0.15) is 11.9 Å². The zero-order valence-electron chi connectivity index (χ0n) is 9.29. The number of rotatable bonds is 5. The fraction of sp³-hybridized carbons (Fsp3) is 0.364. The second-order valence-corrected chi connectivity index (χ2v) is 4.41. The second kappa shape index (κ2) is 5.86. The molecule has 0 radical (unpaired) electrons. The largest absolute Gasteiger partial charge is 0.489 e. The molecule has 0 heterocycles. The lowest BCUT2D eigenvalue weighted by molar-refractivity contribution is 0.0994. The standard InChI is InChI=1S/C11H15BrN2O2/c1-7(6-14-2)16-10-5-8(12)3-4-9(10)11(13)15/h3-5,7,14H,6H2,1-2H3,(H2,13,15). The number of halogens is 1. The molecular formula is C11H15BrN2O2. The van der Waals surface area contributed by atoms with Crippen LogP contribution in [0.3, 0.4) is 0 Å². The van der Waals surface area contributed by atoms with Gasteiger partial charge in [-0.1, -0.05) is 15.9 Å². The minimum Gasteiger partial charge on any atom is -0.489 e. The average molecular weight is 287 g/mol. The Morgan fingerprint density at radius 1 is 1.62 bits per heavy atom. The molecule has 0 saturated carbocycles. The topological polar surface area (TPSA) is 64.3 Å². The smallest absolute Gasteiger partial charge is 0.252 e. The van der Waals surface area contributed by atoms with Gasteiger partial charge in [0.15, 0.2) is 0 Å². The number of likely N-dealkylation sites (N-methyl/N-ethyl adjacent to an activating group) is 1. The van der Waals surface area contributed by atoms with E-state index in [-0.39, 0.29) is 6.10 Å². The highest BCUT2D eigenvalue weighted by molar-refractivity contribution is 9.10. The summed E-state index contributed by atoms with van der Waals surface area (Å²) in [5.41, 5.74) is 5.66. The number of carbonyl (C=O) groups excluding carboxylic acids is 1. The monoisotopic (exact) mass is 286 g/mol. The Kier molecular flexibility index (Phi) is 4.76. The highest BCUT2D eigenvalue weighted by atomic mass is 79.9. The van der Waals surface area contributed by atoms with Crippen molar-refractivity contribution in [3.05, 3.63) is 28.2 Å². The molecule has 3 N–H and O–H groups in total. The van der Waals surface area contributed by atoms with Crippen LogP contribution in [0.4, 0.5) is 0 Å². The predicted octanol–water partition coefficient (Wildman–Crippen LogP) is 1.53. The van der Waals surface area contributed by atoms with E-state index in [1.165, 1.54) is 0 Å². The number of amides is 1. The number of nitrogens with one attached hydrogen (secondary N) is 1. The first-order valence-electron chi connectivity index (χ1n) is 4.95. The highest BCUT2D eigenvalue weighted by Gasteiger charge is 2.12. The van der Waals surface area contributed by atoms with Gasteiger partial charge < -0.3 is 15.8 Å². The van der Waals surface area contributed by atoms with Crippen LogP contribution in [-0.4, -0.2) is 25.6 Å². The summed E-state index contributed by atoms with van der Waals surface area (Å²) in [5, 5.41) is 3.00.